The molecule has 20 heavy (non-hydrogen) atoms. The van der Waals surface area contributed by atoms with Gasteiger partial charge in [0.2, 0.25) is 5.91 Å². The van der Waals surface area contributed by atoms with E-state index in [1.807, 2.05) is 38.1 Å². The molecule has 0 atom stereocenters. The third kappa shape index (κ3) is 5.17. The van der Waals surface area contributed by atoms with E-state index in [2.05, 4.69) is 5.32 Å². The molecule has 0 aliphatic rings. The normalized spacial score (nSPS) is 10.9. The van der Waals surface area contributed by atoms with Crippen molar-refractivity contribution in [3.05, 3.63) is 29.8 Å². The molecule has 0 fully saturated rings. The maximum atomic E-state index is 11.8. The Morgan fingerprint density at radius 2 is 1.95 bits per heavy atom. The number of thiocarbonyl (C=S) groups is 1. The van der Waals surface area contributed by atoms with Crippen molar-refractivity contribution in [2.24, 2.45) is 11.1 Å². The number of carbonyl (C=O) groups excluding carboxylic acids is 1. The lowest BCUT2D eigenvalue weighted by atomic mass is 9.93. The lowest BCUT2D eigenvalue weighted by Crippen LogP contribution is -2.41. The molecule has 1 rings (SSSR count). The zero-order valence-electron chi connectivity index (χ0n) is 12.2. The summed E-state index contributed by atoms with van der Waals surface area (Å²) in [5.41, 5.74) is 6.37. The Kier molecular flexibility index (Phi) is 5.95. The van der Waals surface area contributed by atoms with E-state index in [-0.39, 0.29) is 11.3 Å². The van der Waals surface area contributed by atoms with Crippen LogP contribution in [0, 0.1) is 5.41 Å². The fourth-order valence-corrected chi connectivity index (χ4v) is 1.62. The van der Waals surface area contributed by atoms with Crippen molar-refractivity contribution in [2.45, 2.75) is 26.7 Å². The van der Waals surface area contributed by atoms with Crippen LogP contribution in [0.15, 0.2) is 24.3 Å². The van der Waals surface area contributed by atoms with Crippen molar-refractivity contribution < 1.29 is 9.53 Å². The second-order valence-corrected chi connectivity index (χ2v) is 5.81. The summed E-state index contributed by atoms with van der Waals surface area (Å²) < 4.78 is 5.09. The van der Waals surface area contributed by atoms with Crippen LogP contribution in [0.4, 0.5) is 0 Å². The molecule has 3 N–H and O–H groups in total. The second-order valence-electron chi connectivity index (χ2n) is 5.37. The molecule has 0 aliphatic heterocycles. The number of nitrogens with one attached hydrogen (secondary N) is 1. The van der Waals surface area contributed by atoms with Crippen molar-refractivity contribution in [2.75, 3.05) is 13.7 Å². The minimum Gasteiger partial charge on any atom is -0.497 e. The standard InChI is InChI=1S/C15H22N2O2S/c1-15(2,14(16)20)10-17-13(18)9-6-11-4-7-12(19-3)8-5-11/h4-5,7-8H,6,9-10H2,1-3H3,(H2,16,20)(H,17,18). The highest BCUT2D eigenvalue weighted by Gasteiger charge is 2.21. The van der Waals surface area contributed by atoms with E-state index >= 15 is 0 Å². The summed E-state index contributed by atoms with van der Waals surface area (Å²) in [6.45, 7) is 4.29. The number of aryl methyl sites for hydroxylation is 1. The molecule has 0 heterocycles. The molecule has 0 radical (unpaired) electrons. The molecule has 110 valence electrons. The zero-order chi connectivity index (χ0) is 15.2. The fourth-order valence-electron chi connectivity index (χ4n) is 1.55. The van der Waals surface area contributed by atoms with Gasteiger partial charge in [-0.2, -0.15) is 0 Å². The maximum Gasteiger partial charge on any atom is 0.220 e. The summed E-state index contributed by atoms with van der Waals surface area (Å²) in [5.74, 6) is 0.821. The number of hydrogen-bond donors (Lipinski definition) is 2. The monoisotopic (exact) mass is 294 g/mol. The largest absolute Gasteiger partial charge is 0.497 e. The van der Waals surface area contributed by atoms with E-state index in [4.69, 9.17) is 22.7 Å². The average molecular weight is 294 g/mol. The van der Waals surface area contributed by atoms with Crippen LogP contribution in [-0.2, 0) is 11.2 Å². The Hall–Kier alpha value is -1.62. The molecule has 1 amide bonds. The molecule has 4 nitrogen and oxygen atoms in total. The zero-order valence-corrected chi connectivity index (χ0v) is 13.0. The Morgan fingerprint density at radius 3 is 2.45 bits per heavy atom. The van der Waals surface area contributed by atoms with Gasteiger partial charge in [-0.05, 0) is 24.1 Å². The molecule has 1 aromatic carbocycles. The highest BCUT2D eigenvalue weighted by Crippen LogP contribution is 2.14. The van der Waals surface area contributed by atoms with E-state index < -0.39 is 0 Å². The number of benzene rings is 1. The first-order valence-electron chi connectivity index (χ1n) is 6.54. The molecular formula is C15H22N2O2S. The lowest BCUT2D eigenvalue weighted by Gasteiger charge is -2.23. The number of rotatable bonds is 7. The Morgan fingerprint density at radius 1 is 1.35 bits per heavy atom. The van der Waals surface area contributed by atoms with Crippen LogP contribution in [0.25, 0.3) is 0 Å². The van der Waals surface area contributed by atoms with Gasteiger partial charge in [-0.1, -0.05) is 38.2 Å². The summed E-state index contributed by atoms with van der Waals surface area (Å²) in [6, 6.07) is 7.71. The van der Waals surface area contributed by atoms with Crippen LogP contribution in [0.5, 0.6) is 5.75 Å². The summed E-state index contributed by atoms with van der Waals surface area (Å²) >= 11 is 4.96. The number of ether oxygens (including phenoxy) is 1. The molecule has 0 aromatic heterocycles. The maximum absolute atomic E-state index is 11.8. The Labute approximate surface area is 125 Å². The topological polar surface area (TPSA) is 64.3 Å². The first-order chi connectivity index (χ1) is 9.35. The van der Waals surface area contributed by atoms with Gasteiger partial charge in [-0.3, -0.25) is 4.79 Å². The molecule has 0 aliphatic carbocycles. The van der Waals surface area contributed by atoms with Crippen molar-refractivity contribution >= 4 is 23.1 Å². The van der Waals surface area contributed by atoms with Crippen molar-refractivity contribution in [1.29, 1.82) is 0 Å². The van der Waals surface area contributed by atoms with Crippen LogP contribution in [0.2, 0.25) is 0 Å². The van der Waals surface area contributed by atoms with Crippen LogP contribution >= 0.6 is 12.2 Å². The van der Waals surface area contributed by atoms with Gasteiger partial charge in [0.25, 0.3) is 0 Å². The van der Waals surface area contributed by atoms with Crippen LogP contribution in [0.1, 0.15) is 25.8 Å². The van der Waals surface area contributed by atoms with Gasteiger partial charge in [0, 0.05) is 18.4 Å². The number of amides is 1. The summed E-state index contributed by atoms with van der Waals surface area (Å²) in [4.78, 5) is 12.2. The average Bonchev–Trinajstić information content (AvgIpc) is 2.43. The molecule has 0 spiro atoms. The third-order valence-electron chi connectivity index (χ3n) is 3.19. The number of methoxy groups -OCH3 is 1. The van der Waals surface area contributed by atoms with E-state index in [1.165, 1.54) is 0 Å². The lowest BCUT2D eigenvalue weighted by molar-refractivity contribution is -0.121. The van der Waals surface area contributed by atoms with Gasteiger partial charge in [0.15, 0.2) is 0 Å². The predicted molar refractivity (Wildman–Crippen MR) is 84.9 cm³/mol. The predicted octanol–water partition coefficient (Wildman–Crippen LogP) is 2.06. The van der Waals surface area contributed by atoms with Crippen LogP contribution in [-0.4, -0.2) is 24.6 Å². The van der Waals surface area contributed by atoms with Gasteiger partial charge in [-0.25, -0.2) is 0 Å². The number of carbonyl (C=O) groups is 1. The van der Waals surface area contributed by atoms with E-state index in [1.54, 1.807) is 7.11 Å². The quantitative estimate of drug-likeness (QED) is 0.756. The van der Waals surface area contributed by atoms with E-state index in [0.29, 0.717) is 24.4 Å². The third-order valence-corrected chi connectivity index (χ3v) is 3.75. The van der Waals surface area contributed by atoms with E-state index in [0.717, 1.165) is 11.3 Å². The molecule has 0 saturated heterocycles. The Balaban J connectivity index is 2.38. The summed E-state index contributed by atoms with van der Waals surface area (Å²) in [6.07, 6.45) is 1.14. The fraction of sp³-hybridized carbons (Fsp3) is 0.467. The van der Waals surface area contributed by atoms with Crippen LogP contribution in [0.3, 0.4) is 0 Å². The van der Waals surface area contributed by atoms with Gasteiger partial charge in [0.1, 0.15) is 5.75 Å². The highest BCUT2D eigenvalue weighted by molar-refractivity contribution is 7.80. The van der Waals surface area contributed by atoms with Gasteiger partial charge in [0.05, 0.1) is 12.1 Å². The minimum atomic E-state index is -0.356. The summed E-state index contributed by atoms with van der Waals surface area (Å²) in [5, 5.41) is 2.87. The Bertz CT molecular complexity index is 469. The highest BCUT2D eigenvalue weighted by atomic mass is 32.1. The first-order valence-corrected chi connectivity index (χ1v) is 6.95. The molecule has 1 aromatic rings. The van der Waals surface area contributed by atoms with Crippen molar-refractivity contribution in [3.63, 3.8) is 0 Å². The molecule has 5 heteroatoms. The van der Waals surface area contributed by atoms with Gasteiger partial charge < -0.3 is 15.8 Å². The van der Waals surface area contributed by atoms with Crippen LogP contribution < -0.4 is 15.8 Å². The van der Waals surface area contributed by atoms with E-state index in [9.17, 15) is 4.79 Å². The molecular weight excluding hydrogens is 272 g/mol. The number of nitrogens with two attached hydrogens (primary N) is 1. The van der Waals surface area contributed by atoms with Gasteiger partial charge >= 0.3 is 0 Å². The smallest absolute Gasteiger partial charge is 0.220 e. The second kappa shape index (κ2) is 7.24. The van der Waals surface area contributed by atoms with Crippen molar-refractivity contribution in [3.8, 4) is 5.75 Å². The molecule has 0 bridgehead atoms. The molecule has 0 saturated carbocycles. The summed E-state index contributed by atoms with van der Waals surface area (Å²) in [7, 11) is 1.63. The van der Waals surface area contributed by atoms with Gasteiger partial charge in [-0.15, -0.1) is 0 Å². The van der Waals surface area contributed by atoms with Crippen molar-refractivity contribution in [1.82, 2.24) is 5.32 Å². The molecule has 0 unspecified atom stereocenters. The number of hydrogen-bond acceptors (Lipinski definition) is 3. The minimum absolute atomic E-state index is 0.00476. The first kappa shape index (κ1) is 16.4. The SMILES string of the molecule is COc1ccc(CCC(=O)NCC(C)(C)C(N)=S)cc1.